The van der Waals surface area contributed by atoms with Crippen LogP contribution in [-0.4, -0.2) is 20.0 Å². The second-order valence-electron chi connectivity index (χ2n) is 3.92. The van der Waals surface area contributed by atoms with Gasteiger partial charge in [0.25, 0.3) is 0 Å². The standard InChI is InChI=1S/C14H13BrO4/c1-8-6-7-19-13(8)12(16)9-4-5-10(17-2)11(15)14(9)18-3/h4-7H,1-3H3. The van der Waals surface area contributed by atoms with Crippen molar-refractivity contribution in [3.63, 3.8) is 0 Å². The third kappa shape index (κ3) is 2.38. The Morgan fingerprint density at radius 3 is 2.47 bits per heavy atom. The van der Waals surface area contributed by atoms with Crippen LogP contribution in [0.1, 0.15) is 21.7 Å². The molecular weight excluding hydrogens is 312 g/mol. The smallest absolute Gasteiger partial charge is 0.232 e. The van der Waals surface area contributed by atoms with Crippen LogP contribution in [0, 0.1) is 6.92 Å². The fourth-order valence-electron chi connectivity index (χ4n) is 1.80. The van der Waals surface area contributed by atoms with Gasteiger partial charge in [0, 0.05) is 0 Å². The lowest BCUT2D eigenvalue weighted by Gasteiger charge is -2.12. The first-order valence-electron chi connectivity index (χ1n) is 5.59. The Morgan fingerprint density at radius 2 is 1.95 bits per heavy atom. The molecule has 0 amide bonds. The van der Waals surface area contributed by atoms with Gasteiger partial charge < -0.3 is 13.9 Å². The predicted molar refractivity (Wildman–Crippen MR) is 74.1 cm³/mol. The van der Waals surface area contributed by atoms with E-state index in [0.717, 1.165) is 5.56 Å². The maximum atomic E-state index is 12.4. The number of ketones is 1. The lowest BCUT2D eigenvalue weighted by Crippen LogP contribution is -2.05. The zero-order chi connectivity index (χ0) is 14.0. The Morgan fingerprint density at radius 1 is 1.21 bits per heavy atom. The van der Waals surface area contributed by atoms with Crippen LogP contribution in [0.15, 0.2) is 33.4 Å². The summed E-state index contributed by atoms with van der Waals surface area (Å²) in [6.45, 7) is 1.82. The third-order valence-corrected chi connectivity index (χ3v) is 3.55. The van der Waals surface area contributed by atoms with Gasteiger partial charge in [-0.2, -0.15) is 0 Å². The number of carbonyl (C=O) groups is 1. The number of ether oxygens (including phenoxy) is 2. The van der Waals surface area contributed by atoms with Crippen LogP contribution < -0.4 is 9.47 Å². The average molecular weight is 325 g/mol. The highest BCUT2D eigenvalue weighted by Gasteiger charge is 2.22. The van der Waals surface area contributed by atoms with Gasteiger partial charge in [0.05, 0.1) is 26.0 Å². The predicted octanol–water partition coefficient (Wildman–Crippen LogP) is 3.60. The van der Waals surface area contributed by atoms with Crippen LogP contribution in [0.3, 0.4) is 0 Å². The molecule has 0 bridgehead atoms. The van der Waals surface area contributed by atoms with Crippen molar-refractivity contribution in [3.05, 3.63) is 45.8 Å². The maximum Gasteiger partial charge on any atom is 0.232 e. The van der Waals surface area contributed by atoms with Crippen molar-refractivity contribution in [2.24, 2.45) is 0 Å². The number of rotatable bonds is 4. The van der Waals surface area contributed by atoms with E-state index in [-0.39, 0.29) is 5.78 Å². The fourth-order valence-corrected chi connectivity index (χ4v) is 2.47. The van der Waals surface area contributed by atoms with Gasteiger partial charge >= 0.3 is 0 Å². The van der Waals surface area contributed by atoms with E-state index in [1.165, 1.54) is 13.4 Å². The normalized spacial score (nSPS) is 10.3. The van der Waals surface area contributed by atoms with Gasteiger partial charge in [-0.05, 0) is 46.6 Å². The molecule has 0 atom stereocenters. The summed E-state index contributed by atoms with van der Waals surface area (Å²) in [6.07, 6.45) is 1.49. The molecule has 100 valence electrons. The quantitative estimate of drug-likeness (QED) is 0.806. The zero-order valence-electron chi connectivity index (χ0n) is 10.8. The van der Waals surface area contributed by atoms with E-state index < -0.39 is 0 Å². The van der Waals surface area contributed by atoms with Crippen LogP contribution in [0.4, 0.5) is 0 Å². The number of furan rings is 1. The van der Waals surface area contributed by atoms with E-state index in [1.54, 1.807) is 25.3 Å². The number of hydrogen-bond donors (Lipinski definition) is 0. The molecule has 0 saturated carbocycles. The molecule has 1 aromatic heterocycles. The number of carbonyl (C=O) groups excluding carboxylic acids is 1. The van der Waals surface area contributed by atoms with Crippen molar-refractivity contribution in [3.8, 4) is 11.5 Å². The van der Waals surface area contributed by atoms with E-state index in [1.807, 2.05) is 6.92 Å². The van der Waals surface area contributed by atoms with Gasteiger partial charge in [0.15, 0.2) is 5.76 Å². The van der Waals surface area contributed by atoms with Crippen molar-refractivity contribution in [2.75, 3.05) is 14.2 Å². The lowest BCUT2D eigenvalue weighted by atomic mass is 10.1. The lowest BCUT2D eigenvalue weighted by molar-refractivity contribution is 0.100. The molecule has 4 nitrogen and oxygen atoms in total. The second-order valence-corrected chi connectivity index (χ2v) is 4.72. The summed E-state index contributed by atoms with van der Waals surface area (Å²) >= 11 is 3.37. The molecule has 0 aliphatic carbocycles. The number of benzene rings is 1. The van der Waals surface area contributed by atoms with Crippen LogP contribution in [-0.2, 0) is 0 Å². The molecule has 0 radical (unpaired) electrons. The highest BCUT2D eigenvalue weighted by atomic mass is 79.9. The van der Waals surface area contributed by atoms with Crippen molar-refractivity contribution >= 4 is 21.7 Å². The first-order valence-corrected chi connectivity index (χ1v) is 6.38. The van der Waals surface area contributed by atoms with Crippen LogP contribution in [0.5, 0.6) is 11.5 Å². The molecule has 0 spiro atoms. The van der Waals surface area contributed by atoms with E-state index in [4.69, 9.17) is 13.9 Å². The van der Waals surface area contributed by atoms with Crippen LogP contribution in [0.25, 0.3) is 0 Å². The topological polar surface area (TPSA) is 48.7 Å². The summed E-state index contributed by atoms with van der Waals surface area (Å²) in [5.41, 5.74) is 1.22. The summed E-state index contributed by atoms with van der Waals surface area (Å²) < 4.78 is 16.3. The average Bonchev–Trinajstić information content (AvgIpc) is 2.83. The molecule has 0 unspecified atom stereocenters. The van der Waals surface area contributed by atoms with Gasteiger partial charge in [0.1, 0.15) is 16.0 Å². The van der Waals surface area contributed by atoms with Gasteiger partial charge in [-0.1, -0.05) is 0 Å². The van der Waals surface area contributed by atoms with E-state index in [0.29, 0.717) is 27.3 Å². The minimum atomic E-state index is -0.220. The fraction of sp³-hybridized carbons (Fsp3) is 0.214. The summed E-state index contributed by atoms with van der Waals surface area (Å²) in [4.78, 5) is 12.4. The zero-order valence-corrected chi connectivity index (χ0v) is 12.4. The van der Waals surface area contributed by atoms with Crippen molar-refractivity contribution < 1.29 is 18.7 Å². The molecule has 1 aromatic carbocycles. The molecule has 5 heteroatoms. The largest absolute Gasteiger partial charge is 0.495 e. The Kier molecular flexibility index (Phi) is 3.95. The number of hydrogen-bond acceptors (Lipinski definition) is 4. The van der Waals surface area contributed by atoms with Crippen molar-refractivity contribution in [2.45, 2.75) is 6.92 Å². The van der Waals surface area contributed by atoms with Gasteiger partial charge in [-0.25, -0.2) is 0 Å². The van der Waals surface area contributed by atoms with E-state index in [2.05, 4.69) is 15.9 Å². The van der Waals surface area contributed by atoms with Crippen LogP contribution >= 0.6 is 15.9 Å². The highest BCUT2D eigenvalue weighted by molar-refractivity contribution is 9.10. The molecule has 2 aromatic rings. The molecule has 0 fully saturated rings. The van der Waals surface area contributed by atoms with Crippen molar-refractivity contribution in [1.29, 1.82) is 0 Å². The van der Waals surface area contributed by atoms with Crippen molar-refractivity contribution in [1.82, 2.24) is 0 Å². The minimum absolute atomic E-state index is 0.220. The summed E-state index contributed by atoms with van der Waals surface area (Å²) in [5, 5.41) is 0. The second kappa shape index (κ2) is 5.48. The Bertz CT molecular complexity index is 616. The number of halogens is 1. The Balaban J connectivity index is 2.54. The Hall–Kier alpha value is -1.75. The first-order chi connectivity index (χ1) is 9.10. The number of aryl methyl sites for hydroxylation is 1. The third-order valence-electron chi connectivity index (χ3n) is 2.80. The SMILES string of the molecule is COc1ccc(C(=O)c2occc2C)c(OC)c1Br. The maximum absolute atomic E-state index is 12.4. The summed E-state index contributed by atoms with van der Waals surface area (Å²) in [7, 11) is 3.06. The molecule has 0 saturated heterocycles. The molecule has 2 rings (SSSR count). The minimum Gasteiger partial charge on any atom is -0.495 e. The highest BCUT2D eigenvalue weighted by Crippen LogP contribution is 2.38. The van der Waals surface area contributed by atoms with Gasteiger partial charge in [-0.15, -0.1) is 0 Å². The van der Waals surface area contributed by atoms with Gasteiger partial charge in [-0.3, -0.25) is 4.79 Å². The van der Waals surface area contributed by atoms with E-state index >= 15 is 0 Å². The van der Waals surface area contributed by atoms with E-state index in [9.17, 15) is 4.79 Å². The summed E-state index contributed by atoms with van der Waals surface area (Å²) in [5.74, 6) is 1.13. The monoisotopic (exact) mass is 324 g/mol. The molecule has 19 heavy (non-hydrogen) atoms. The first kappa shape index (κ1) is 13.7. The molecule has 0 aliphatic rings. The molecular formula is C14H13BrO4. The molecule has 1 heterocycles. The Labute approximate surface area is 119 Å². The summed E-state index contributed by atoms with van der Waals surface area (Å²) in [6, 6.07) is 5.11. The number of methoxy groups -OCH3 is 2. The molecule has 0 N–H and O–H groups in total. The molecule has 0 aliphatic heterocycles. The van der Waals surface area contributed by atoms with Gasteiger partial charge in [0.2, 0.25) is 5.78 Å². The van der Waals surface area contributed by atoms with Crippen LogP contribution in [0.2, 0.25) is 0 Å².